The molecule has 1 fully saturated rings. The summed E-state index contributed by atoms with van der Waals surface area (Å²) < 4.78 is 5.39. The third kappa shape index (κ3) is 4.16. The highest BCUT2D eigenvalue weighted by atomic mass is 35.5. The Hall–Kier alpha value is -0.650. The van der Waals surface area contributed by atoms with Crippen molar-refractivity contribution >= 4 is 12.4 Å². The van der Waals surface area contributed by atoms with Crippen LogP contribution in [0.1, 0.15) is 44.9 Å². The van der Waals surface area contributed by atoms with Crippen LogP contribution in [0.3, 0.4) is 0 Å². The van der Waals surface area contributed by atoms with E-state index in [1.54, 1.807) is 0 Å². The summed E-state index contributed by atoms with van der Waals surface area (Å²) in [6.45, 7) is 9.59. The normalized spacial score (nSPS) is 21.2. The van der Waals surface area contributed by atoms with Crippen molar-refractivity contribution in [2.24, 2.45) is 5.41 Å². The molecule has 0 amide bonds. The highest BCUT2D eigenvalue weighted by Crippen LogP contribution is 2.25. The van der Waals surface area contributed by atoms with Gasteiger partial charge in [0.25, 0.3) is 0 Å². The summed E-state index contributed by atoms with van der Waals surface area (Å²) in [5.74, 6) is 1.57. The summed E-state index contributed by atoms with van der Waals surface area (Å²) in [5, 5.41) is 7.51. The quantitative estimate of drug-likeness (QED) is 0.919. The van der Waals surface area contributed by atoms with Crippen molar-refractivity contribution in [1.29, 1.82) is 0 Å². The van der Waals surface area contributed by atoms with Crippen LogP contribution in [0.15, 0.2) is 4.52 Å². The largest absolute Gasteiger partial charge is 0.339 e. The molecule has 1 aliphatic heterocycles. The van der Waals surface area contributed by atoms with Crippen molar-refractivity contribution in [3.63, 3.8) is 0 Å². The van der Waals surface area contributed by atoms with Crippen molar-refractivity contribution in [3.05, 3.63) is 11.7 Å². The number of hydrogen-bond donors (Lipinski definition) is 1. The number of nitrogens with zero attached hydrogens (tertiary/aromatic N) is 3. The first kappa shape index (κ1) is 16.4. The summed E-state index contributed by atoms with van der Waals surface area (Å²) in [6, 6.07) is 0.237. The molecular weight excluding hydrogens is 264 g/mol. The van der Waals surface area contributed by atoms with E-state index in [0.29, 0.717) is 0 Å². The average Bonchev–Trinajstić information content (AvgIpc) is 2.77. The predicted molar refractivity (Wildman–Crippen MR) is 77.6 cm³/mol. The zero-order valence-corrected chi connectivity index (χ0v) is 13.1. The van der Waals surface area contributed by atoms with Crippen molar-refractivity contribution < 1.29 is 4.52 Å². The molecule has 0 aromatic carbocycles. The van der Waals surface area contributed by atoms with Gasteiger partial charge in [0, 0.05) is 26.1 Å². The number of aromatic nitrogens is 2. The lowest BCUT2D eigenvalue weighted by atomic mass is 9.86. The van der Waals surface area contributed by atoms with Gasteiger partial charge < -0.3 is 9.84 Å². The highest BCUT2D eigenvalue weighted by Gasteiger charge is 2.26. The number of piperazine rings is 1. The molecule has 1 unspecified atom stereocenters. The molecule has 0 spiro atoms. The molecule has 6 heteroatoms. The van der Waals surface area contributed by atoms with E-state index in [4.69, 9.17) is 4.52 Å². The molecule has 1 aromatic heterocycles. The van der Waals surface area contributed by atoms with Crippen molar-refractivity contribution in [2.75, 3.05) is 26.7 Å². The Morgan fingerprint density at radius 3 is 2.84 bits per heavy atom. The lowest BCUT2D eigenvalue weighted by molar-refractivity contribution is 0.190. The van der Waals surface area contributed by atoms with Crippen molar-refractivity contribution in [1.82, 2.24) is 20.4 Å². The summed E-state index contributed by atoms with van der Waals surface area (Å²) >= 11 is 0. The number of hydrogen-bond acceptors (Lipinski definition) is 5. The van der Waals surface area contributed by atoms with Gasteiger partial charge in [0.15, 0.2) is 5.82 Å². The summed E-state index contributed by atoms with van der Waals surface area (Å²) in [5.41, 5.74) is 0.223. The van der Waals surface area contributed by atoms with E-state index in [-0.39, 0.29) is 23.9 Å². The summed E-state index contributed by atoms with van der Waals surface area (Å²) in [6.07, 6.45) is 1.95. The lowest BCUT2D eigenvalue weighted by Gasteiger charge is -2.30. The molecule has 0 saturated carbocycles. The maximum Gasteiger partial charge on any atom is 0.227 e. The zero-order chi connectivity index (χ0) is 13.2. The van der Waals surface area contributed by atoms with Gasteiger partial charge in [0.2, 0.25) is 5.89 Å². The molecule has 1 atom stereocenters. The van der Waals surface area contributed by atoms with Gasteiger partial charge in [-0.15, -0.1) is 12.4 Å². The third-order valence-electron chi connectivity index (χ3n) is 3.88. The number of rotatable bonds is 4. The Bertz CT molecular complexity index is 394. The molecular formula is C13H25ClN4O. The maximum atomic E-state index is 5.39. The van der Waals surface area contributed by atoms with Crippen LogP contribution >= 0.6 is 12.4 Å². The van der Waals surface area contributed by atoms with Crippen LogP contribution in [-0.2, 0) is 6.42 Å². The van der Waals surface area contributed by atoms with Crippen molar-refractivity contribution in [2.45, 2.75) is 39.7 Å². The van der Waals surface area contributed by atoms with Crippen LogP contribution in [0.25, 0.3) is 0 Å². The molecule has 5 nitrogen and oxygen atoms in total. The van der Waals surface area contributed by atoms with Crippen LogP contribution in [0, 0.1) is 5.41 Å². The molecule has 0 radical (unpaired) electrons. The second-order valence-corrected chi connectivity index (χ2v) is 5.94. The minimum Gasteiger partial charge on any atom is -0.339 e. The van der Waals surface area contributed by atoms with E-state index in [0.717, 1.165) is 44.2 Å². The van der Waals surface area contributed by atoms with Crippen LogP contribution in [0.5, 0.6) is 0 Å². The predicted octanol–water partition coefficient (Wildman–Crippen LogP) is 2.05. The van der Waals surface area contributed by atoms with Gasteiger partial charge in [-0.05, 0) is 12.5 Å². The van der Waals surface area contributed by atoms with Crippen LogP contribution in [0.2, 0.25) is 0 Å². The Balaban J connectivity index is 0.00000180. The van der Waals surface area contributed by atoms with E-state index in [2.05, 4.69) is 48.2 Å². The maximum absolute atomic E-state index is 5.39. The third-order valence-corrected chi connectivity index (χ3v) is 3.88. The fourth-order valence-electron chi connectivity index (χ4n) is 2.10. The second kappa shape index (κ2) is 6.68. The molecule has 110 valence electrons. The van der Waals surface area contributed by atoms with E-state index in [1.807, 2.05) is 0 Å². The van der Waals surface area contributed by atoms with Gasteiger partial charge >= 0.3 is 0 Å². The van der Waals surface area contributed by atoms with Gasteiger partial charge in [0.05, 0.1) is 6.04 Å². The summed E-state index contributed by atoms with van der Waals surface area (Å²) in [7, 11) is 2.11. The van der Waals surface area contributed by atoms with E-state index < -0.39 is 0 Å². The van der Waals surface area contributed by atoms with E-state index >= 15 is 0 Å². The lowest BCUT2D eigenvalue weighted by Crippen LogP contribution is -2.44. The molecule has 2 heterocycles. The Labute approximate surface area is 121 Å². The molecule has 1 aliphatic rings. The molecule has 0 bridgehead atoms. The van der Waals surface area contributed by atoms with Gasteiger partial charge in [-0.2, -0.15) is 4.98 Å². The molecule has 1 saturated heterocycles. The second-order valence-electron chi connectivity index (χ2n) is 5.94. The Morgan fingerprint density at radius 1 is 1.47 bits per heavy atom. The van der Waals surface area contributed by atoms with Gasteiger partial charge in [-0.3, -0.25) is 4.90 Å². The highest BCUT2D eigenvalue weighted by molar-refractivity contribution is 5.85. The number of nitrogens with one attached hydrogen (secondary N) is 1. The zero-order valence-electron chi connectivity index (χ0n) is 12.3. The van der Waals surface area contributed by atoms with Crippen LogP contribution in [0.4, 0.5) is 0 Å². The standard InChI is InChI=1S/C13H24N4O.ClH/c1-5-13(2,3)8-11-15-12(16-18-11)10-9-14-6-7-17(10)4;/h10,14H,5-9H2,1-4H3;1H. The number of likely N-dealkylation sites (N-methyl/N-ethyl adjacent to an activating group) is 1. The molecule has 0 aliphatic carbocycles. The topological polar surface area (TPSA) is 54.2 Å². The van der Waals surface area contributed by atoms with Gasteiger partial charge in [0.1, 0.15) is 0 Å². The fraction of sp³-hybridized carbons (Fsp3) is 0.846. The average molecular weight is 289 g/mol. The first-order chi connectivity index (χ1) is 8.52. The van der Waals surface area contributed by atoms with Crippen molar-refractivity contribution in [3.8, 4) is 0 Å². The van der Waals surface area contributed by atoms with E-state index in [1.165, 1.54) is 0 Å². The first-order valence-corrected chi connectivity index (χ1v) is 6.75. The Kier molecular flexibility index (Phi) is 5.77. The Morgan fingerprint density at radius 2 is 2.21 bits per heavy atom. The van der Waals surface area contributed by atoms with Gasteiger partial charge in [-0.1, -0.05) is 32.3 Å². The SMILES string of the molecule is CCC(C)(C)Cc1nc(C2CNCCN2C)no1.Cl. The molecule has 19 heavy (non-hydrogen) atoms. The smallest absolute Gasteiger partial charge is 0.227 e. The number of halogens is 1. The van der Waals surface area contributed by atoms with Crippen LogP contribution in [-0.4, -0.2) is 41.7 Å². The molecule has 2 rings (SSSR count). The first-order valence-electron chi connectivity index (χ1n) is 6.75. The minimum absolute atomic E-state index is 0. The van der Waals surface area contributed by atoms with Gasteiger partial charge in [-0.25, -0.2) is 0 Å². The van der Waals surface area contributed by atoms with E-state index in [9.17, 15) is 0 Å². The molecule has 1 aromatic rings. The fourth-order valence-corrected chi connectivity index (χ4v) is 2.10. The monoisotopic (exact) mass is 288 g/mol. The minimum atomic E-state index is 0. The molecule has 1 N–H and O–H groups in total. The summed E-state index contributed by atoms with van der Waals surface area (Å²) in [4.78, 5) is 6.83. The van der Waals surface area contributed by atoms with Crippen LogP contribution < -0.4 is 5.32 Å².